The Morgan fingerprint density at radius 2 is 1.79 bits per heavy atom. The molecule has 0 bridgehead atoms. The van der Waals surface area contributed by atoms with Gasteiger partial charge in [0, 0.05) is 12.8 Å². The van der Waals surface area contributed by atoms with E-state index < -0.39 is 26.3 Å². The van der Waals surface area contributed by atoms with Gasteiger partial charge in [0.05, 0.1) is 19.3 Å². The Morgan fingerprint density at radius 1 is 1.14 bits per heavy atom. The molecule has 2 aliphatic heterocycles. The lowest BCUT2D eigenvalue weighted by atomic mass is 9.94. The molecule has 0 aromatic carbocycles. The summed E-state index contributed by atoms with van der Waals surface area (Å²) >= 11 is 0. The number of esters is 1. The Labute approximate surface area is 170 Å². The quantitative estimate of drug-likeness (QED) is 0.437. The number of rotatable bonds is 8. The molecule has 0 aromatic heterocycles. The average molecular weight is 413 g/mol. The summed E-state index contributed by atoms with van der Waals surface area (Å²) in [7, 11) is -0.381. The van der Waals surface area contributed by atoms with Crippen LogP contribution in [0.5, 0.6) is 0 Å². The van der Waals surface area contributed by atoms with Crippen LogP contribution in [0.1, 0.15) is 59.8 Å². The van der Waals surface area contributed by atoms with Crippen molar-refractivity contribution >= 4 is 14.3 Å². The molecule has 1 saturated carbocycles. The topological polar surface area (TPSA) is 63.2 Å². The minimum Gasteiger partial charge on any atom is -0.496 e. The fourth-order valence-electron chi connectivity index (χ4n) is 4.77. The summed E-state index contributed by atoms with van der Waals surface area (Å²) in [4.78, 5) is 12.3. The van der Waals surface area contributed by atoms with Crippen LogP contribution in [0.15, 0.2) is 11.3 Å². The molecule has 7 heteroatoms. The van der Waals surface area contributed by atoms with Gasteiger partial charge in [-0.2, -0.15) is 0 Å². The molecular weight excluding hydrogens is 376 g/mol. The lowest BCUT2D eigenvalue weighted by Crippen LogP contribution is -2.51. The van der Waals surface area contributed by atoms with E-state index in [1.165, 1.54) is 6.42 Å². The number of hydrogen-bond acceptors (Lipinski definition) is 6. The fourth-order valence-corrected chi connectivity index (χ4v) is 7.62. The first-order valence-corrected chi connectivity index (χ1v) is 13.4. The van der Waals surface area contributed by atoms with Gasteiger partial charge in [-0.3, -0.25) is 0 Å². The molecule has 2 heterocycles. The van der Waals surface area contributed by atoms with Gasteiger partial charge in [-0.1, -0.05) is 27.2 Å². The molecule has 160 valence electrons. The highest BCUT2D eigenvalue weighted by Gasteiger charge is 2.52. The third-order valence-corrected chi connectivity index (χ3v) is 11.5. The van der Waals surface area contributed by atoms with Crippen LogP contribution in [0.3, 0.4) is 0 Å². The Hall–Kier alpha value is -0.893. The summed E-state index contributed by atoms with van der Waals surface area (Å²) in [5.41, 5.74) is 0.518. The number of ether oxygens (including phenoxy) is 4. The van der Waals surface area contributed by atoms with Crippen molar-refractivity contribution in [3.8, 4) is 0 Å². The zero-order chi connectivity index (χ0) is 20.4. The minimum atomic E-state index is -1.97. The Bertz CT molecular complexity index is 585. The van der Waals surface area contributed by atoms with Crippen LogP contribution in [0.4, 0.5) is 0 Å². The molecule has 28 heavy (non-hydrogen) atoms. The van der Waals surface area contributed by atoms with E-state index in [2.05, 4.69) is 20.8 Å². The molecule has 0 N–H and O–H groups in total. The van der Waals surface area contributed by atoms with Crippen LogP contribution >= 0.6 is 0 Å². The maximum absolute atomic E-state index is 12.3. The van der Waals surface area contributed by atoms with Crippen LogP contribution in [0.25, 0.3) is 0 Å². The molecule has 3 atom stereocenters. The maximum Gasteiger partial charge on any atom is 0.338 e. The Kier molecular flexibility index (Phi) is 6.90. The van der Waals surface area contributed by atoms with E-state index in [0.717, 1.165) is 43.8 Å². The monoisotopic (exact) mass is 412 g/mol. The van der Waals surface area contributed by atoms with Gasteiger partial charge in [0.15, 0.2) is 20.2 Å². The van der Waals surface area contributed by atoms with Gasteiger partial charge in [-0.25, -0.2) is 4.79 Å². The molecule has 1 saturated heterocycles. The summed E-state index contributed by atoms with van der Waals surface area (Å²) in [5.74, 6) is -0.263. The molecule has 2 fully saturated rings. The second-order valence-electron chi connectivity index (χ2n) is 8.28. The molecular formula is C21H36O6Si. The average Bonchev–Trinajstić information content (AvgIpc) is 3.25. The van der Waals surface area contributed by atoms with Crippen molar-refractivity contribution < 1.29 is 28.2 Å². The number of hydrogen-bond donors (Lipinski definition) is 0. The predicted molar refractivity (Wildman–Crippen MR) is 108 cm³/mol. The summed E-state index contributed by atoms with van der Waals surface area (Å²) in [5, 5.41) is 0. The molecule has 0 unspecified atom stereocenters. The van der Waals surface area contributed by atoms with Crippen molar-refractivity contribution in [1.29, 1.82) is 0 Å². The number of carbonyl (C=O) groups is 1. The molecule has 0 amide bonds. The van der Waals surface area contributed by atoms with Gasteiger partial charge in [0.1, 0.15) is 18.0 Å². The molecule has 1 aliphatic carbocycles. The zero-order valence-electron chi connectivity index (χ0n) is 18.0. The van der Waals surface area contributed by atoms with Gasteiger partial charge >= 0.3 is 5.97 Å². The normalized spacial score (nSPS) is 28.7. The van der Waals surface area contributed by atoms with E-state index in [-0.39, 0.29) is 12.1 Å². The first-order chi connectivity index (χ1) is 13.4. The number of carbonyl (C=O) groups excluding carboxylic acids is 1. The van der Waals surface area contributed by atoms with Gasteiger partial charge in [-0.15, -0.1) is 0 Å². The van der Waals surface area contributed by atoms with E-state index in [9.17, 15) is 4.79 Å². The van der Waals surface area contributed by atoms with E-state index in [0.29, 0.717) is 17.9 Å². The van der Waals surface area contributed by atoms with Crippen molar-refractivity contribution in [2.45, 2.75) is 102 Å². The first-order valence-electron chi connectivity index (χ1n) is 10.9. The second kappa shape index (κ2) is 8.86. The standard InChI is InChI=1S/C21H36O6Si/c1-6-28(7-2,8-3)27-18(19-17(23-5)15(4)20(22)25-19)16-14-24-21(26-16)12-10-9-11-13-21/h16,18-19H,6-14H2,1-5H3/t16-,18-,19+/m1/s1. The first kappa shape index (κ1) is 21.8. The van der Waals surface area contributed by atoms with E-state index in [1.807, 2.05) is 0 Å². The van der Waals surface area contributed by atoms with Crippen LogP contribution in [0.2, 0.25) is 18.1 Å². The predicted octanol–water partition coefficient (Wildman–Crippen LogP) is 4.30. The third kappa shape index (κ3) is 4.04. The Morgan fingerprint density at radius 3 is 2.36 bits per heavy atom. The summed E-state index contributed by atoms with van der Waals surface area (Å²) < 4.78 is 30.9. The summed E-state index contributed by atoms with van der Waals surface area (Å²) in [6, 6.07) is 3.04. The highest BCUT2D eigenvalue weighted by molar-refractivity contribution is 6.73. The smallest absolute Gasteiger partial charge is 0.338 e. The molecule has 1 spiro atoms. The fraction of sp³-hybridized carbons (Fsp3) is 0.857. The lowest BCUT2D eigenvalue weighted by Gasteiger charge is -2.38. The maximum atomic E-state index is 12.3. The molecule has 0 aromatic rings. The van der Waals surface area contributed by atoms with Crippen molar-refractivity contribution in [3.63, 3.8) is 0 Å². The van der Waals surface area contributed by atoms with Gasteiger partial charge in [0.25, 0.3) is 0 Å². The molecule has 3 rings (SSSR count). The minimum absolute atomic E-state index is 0.261. The van der Waals surface area contributed by atoms with E-state index in [1.54, 1.807) is 14.0 Å². The highest BCUT2D eigenvalue weighted by Crippen LogP contribution is 2.42. The molecule has 3 aliphatic rings. The number of methoxy groups -OCH3 is 1. The SMILES string of the molecule is CC[Si](CC)(CC)O[C@H]([C@H]1COC2(CCCCC2)O1)[C@H]1OC(=O)C(C)=C1OC. The second-order valence-corrected chi connectivity index (χ2v) is 13.0. The van der Waals surface area contributed by atoms with Gasteiger partial charge < -0.3 is 23.4 Å². The third-order valence-electron chi connectivity index (χ3n) is 6.86. The van der Waals surface area contributed by atoms with E-state index in [4.69, 9.17) is 23.4 Å². The number of cyclic esters (lactones) is 1. The van der Waals surface area contributed by atoms with Crippen molar-refractivity contribution in [2.75, 3.05) is 13.7 Å². The lowest BCUT2D eigenvalue weighted by molar-refractivity contribution is -0.200. The van der Waals surface area contributed by atoms with Gasteiger partial charge in [0.2, 0.25) is 0 Å². The largest absolute Gasteiger partial charge is 0.496 e. The van der Waals surface area contributed by atoms with Crippen molar-refractivity contribution in [3.05, 3.63) is 11.3 Å². The van der Waals surface area contributed by atoms with Crippen LogP contribution < -0.4 is 0 Å². The molecule has 6 nitrogen and oxygen atoms in total. The zero-order valence-corrected chi connectivity index (χ0v) is 19.0. The summed E-state index contributed by atoms with van der Waals surface area (Å²) in [6.45, 7) is 8.81. The highest BCUT2D eigenvalue weighted by atomic mass is 28.4. The van der Waals surface area contributed by atoms with Crippen molar-refractivity contribution in [1.82, 2.24) is 0 Å². The van der Waals surface area contributed by atoms with Crippen LogP contribution in [0, 0.1) is 0 Å². The summed E-state index contributed by atoms with van der Waals surface area (Å²) in [6.07, 6.45) is 4.09. The Balaban J connectivity index is 1.88. The van der Waals surface area contributed by atoms with Crippen molar-refractivity contribution in [2.24, 2.45) is 0 Å². The van der Waals surface area contributed by atoms with E-state index >= 15 is 0 Å². The molecule has 0 radical (unpaired) electrons. The van der Waals surface area contributed by atoms with Crippen LogP contribution in [-0.4, -0.2) is 52.1 Å². The van der Waals surface area contributed by atoms with Crippen LogP contribution in [-0.2, 0) is 28.2 Å². The van der Waals surface area contributed by atoms with Gasteiger partial charge in [-0.05, 0) is 37.9 Å².